The average Bonchev–Trinajstić information content (AvgIpc) is 2.45. The van der Waals surface area contributed by atoms with Crippen molar-refractivity contribution in [3.63, 3.8) is 0 Å². The minimum Gasteiger partial charge on any atom is -0.377 e. The van der Waals surface area contributed by atoms with Gasteiger partial charge in [-0.25, -0.2) is 0 Å². The average molecular weight is 254 g/mol. The van der Waals surface area contributed by atoms with Crippen LogP contribution in [0.4, 0.5) is 0 Å². The molecule has 18 heavy (non-hydrogen) atoms. The molecule has 1 N–H and O–H groups in total. The van der Waals surface area contributed by atoms with Crippen molar-refractivity contribution in [1.29, 1.82) is 0 Å². The Labute approximate surface area is 112 Å². The zero-order valence-electron chi connectivity index (χ0n) is 12.2. The van der Waals surface area contributed by atoms with Crippen LogP contribution >= 0.6 is 0 Å². The molecule has 0 bridgehead atoms. The Hall–Kier alpha value is -0.120. The summed E-state index contributed by atoms with van der Waals surface area (Å²) in [4.78, 5) is 2.70. The van der Waals surface area contributed by atoms with Crippen LogP contribution < -0.4 is 5.32 Å². The number of rotatable bonds is 5. The molecular formula is C15H30N2O. The fraction of sp³-hybridized carbons (Fsp3) is 1.00. The van der Waals surface area contributed by atoms with E-state index in [1.54, 1.807) is 0 Å². The summed E-state index contributed by atoms with van der Waals surface area (Å²) in [5, 5.41) is 3.42. The molecule has 2 rings (SSSR count). The maximum atomic E-state index is 5.94. The van der Waals surface area contributed by atoms with Crippen LogP contribution in [0.15, 0.2) is 0 Å². The van der Waals surface area contributed by atoms with E-state index in [9.17, 15) is 0 Å². The Morgan fingerprint density at radius 1 is 1.17 bits per heavy atom. The van der Waals surface area contributed by atoms with Crippen molar-refractivity contribution in [3.05, 3.63) is 0 Å². The van der Waals surface area contributed by atoms with E-state index in [0.29, 0.717) is 6.10 Å². The second-order valence-electron chi connectivity index (χ2n) is 5.92. The van der Waals surface area contributed by atoms with E-state index in [0.717, 1.165) is 25.1 Å². The molecule has 1 aliphatic carbocycles. The van der Waals surface area contributed by atoms with Gasteiger partial charge >= 0.3 is 0 Å². The summed E-state index contributed by atoms with van der Waals surface area (Å²) >= 11 is 0. The van der Waals surface area contributed by atoms with Crippen LogP contribution in [0.2, 0.25) is 0 Å². The van der Waals surface area contributed by atoms with Gasteiger partial charge in [-0.15, -0.1) is 0 Å². The van der Waals surface area contributed by atoms with Gasteiger partial charge in [-0.05, 0) is 58.5 Å². The first-order valence-corrected chi connectivity index (χ1v) is 7.86. The lowest BCUT2D eigenvalue weighted by atomic mass is 9.89. The molecule has 1 heterocycles. The third-order valence-corrected chi connectivity index (χ3v) is 4.59. The van der Waals surface area contributed by atoms with Gasteiger partial charge in [0.1, 0.15) is 0 Å². The molecule has 2 fully saturated rings. The first-order chi connectivity index (χ1) is 8.83. The maximum Gasteiger partial charge on any atom is 0.0702 e. The lowest BCUT2D eigenvalue weighted by Crippen LogP contribution is -2.48. The summed E-state index contributed by atoms with van der Waals surface area (Å²) in [5.41, 5.74) is 0. The van der Waals surface area contributed by atoms with Gasteiger partial charge in [0.05, 0.1) is 6.10 Å². The predicted molar refractivity (Wildman–Crippen MR) is 75.9 cm³/mol. The summed E-state index contributed by atoms with van der Waals surface area (Å²) in [6.07, 6.45) is 9.65. The van der Waals surface area contributed by atoms with Gasteiger partial charge < -0.3 is 10.1 Å². The summed E-state index contributed by atoms with van der Waals surface area (Å²) in [6.45, 7) is 5.60. The Morgan fingerprint density at radius 2 is 1.94 bits per heavy atom. The third-order valence-electron chi connectivity index (χ3n) is 4.59. The molecule has 1 aliphatic heterocycles. The van der Waals surface area contributed by atoms with Gasteiger partial charge in [0, 0.05) is 25.2 Å². The van der Waals surface area contributed by atoms with Crippen molar-refractivity contribution >= 4 is 0 Å². The van der Waals surface area contributed by atoms with Crippen LogP contribution in [-0.4, -0.2) is 49.8 Å². The summed E-state index contributed by atoms with van der Waals surface area (Å²) in [7, 11) is 2.10. The highest BCUT2D eigenvalue weighted by molar-refractivity contribution is 4.85. The van der Waals surface area contributed by atoms with E-state index in [-0.39, 0.29) is 0 Å². The molecule has 3 heteroatoms. The normalized spacial score (nSPS) is 34.7. The van der Waals surface area contributed by atoms with E-state index >= 15 is 0 Å². The molecule has 1 saturated heterocycles. The maximum absolute atomic E-state index is 5.94. The number of hydrogen-bond acceptors (Lipinski definition) is 3. The summed E-state index contributed by atoms with van der Waals surface area (Å²) in [6, 6.07) is 1.58. The molecule has 1 saturated carbocycles. The zero-order chi connectivity index (χ0) is 12.8. The molecule has 0 amide bonds. The second-order valence-corrected chi connectivity index (χ2v) is 5.92. The molecule has 1 atom stereocenters. The number of piperidine rings is 1. The van der Waals surface area contributed by atoms with Crippen molar-refractivity contribution in [1.82, 2.24) is 10.2 Å². The van der Waals surface area contributed by atoms with Crippen LogP contribution in [0.25, 0.3) is 0 Å². The van der Waals surface area contributed by atoms with Crippen molar-refractivity contribution in [2.45, 2.75) is 70.1 Å². The van der Waals surface area contributed by atoms with Crippen LogP contribution in [-0.2, 0) is 4.74 Å². The van der Waals surface area contributed by atoms with Gasteiger partial charge in [-0.2, -0.15) is 0 Å². The van der Waals surface area contributed by atoms with Crippen molar-refractivity contribution in [2.24, 2.45) is 0 Å². The lowest BCUT2D eigenvalue weighted by molar-refractivity contribution is -0.0182. The van der Waals surface area contributed by atoms with E-state index in [1.165, 1.54) is 51.6 Å². The standard InChI is InChI=1S/C15H30N2O/c1-3-11-18-15-5-4-10-17(12-15)14-8-6-13(16-2)7-9-14/h13-16H,3-12H2,1-2H3. The molecule has 2 aliphatic rings. The first-order valence-electron chi connectivity index (χ1n) is 7.86. The Kier molecular flexibility index (Phi) is 5.93. The Morgan fingerprint density at radius 3 is 2.61 bits per heavy atom. The molecule has 0 aromatic rings. The predicted octanol–water partition coefficient (Wildman–Crippen LogP) is 2.41. The van der Waals surface area contributed by atoms with Crippen LogP contribution in [0, 0.1) is 0 Å². The van der Waals surface area contributed by atoms with Gasteiger partial charge in [-0.1, -0.05) is 6.92 Å². The molecule has 0 radical (unpaired) electrons. The summed E-state index contributed by atoms with van der Waals surface area (Å²) in [5.74, 6) is 0. The zero-order valence-corrected chi connectivity index (χ0v) is 12.2. The SMILES string of the molecule is CCCOC1CCCN(C2CCC(NC)CC2)C1. The largest absolute Gasteiger partial charge is 0.377 e. The molecule has 3 nitrogen and oxygen atoms in total. The highest BCUT2D eigenvalue weighted by Crippen LogP contribution is 2.26. The van der Waals surface area contributed by atoms with Gasteiger partial charge in [-0.3, -0.25) is 4.90 Å². The van der Waals surface area contributed by atoms with Crippen molar-refractivity contribution in [2.75, 3.05) is 26.7 Å². The van der Waals surface area contributed by atoms with Gasteiger partial charge in [0.2, 0.25) is 0 Å². The Bertz CT molecular complexity index is 227. The fourth-order valence-electron chi connectivity index (χ4n) is 3.45. The number of nitrogens with one attached hydrogen (secondary N) is 1. The van der Waals surface area contributed by atoms with E-state index in [1.807, 2.05) is 0 Å². The number of nitrogens with zero attached hydrogens (tertiary/aromatic N) is 1. The molecule has 0 aromatic carbocycles. The molecule has 106 valence electrons. The van der Waals surface area contributed by atoms with Crippen molar-refractivity contribution in [3.8, 4) is 0 Å². The van der Waals surface area contributed by atoms with Crippen LogP contribution in [0.1, 0.15) is 51.9 Å². The number of hydrogen-bond donors (Lipinski definition) is 1. The highest BCUT2D eigenvalue weighted by atomic mass is 16.5. The monoisotopic (exact) mass is 254 g/mol. The van der Waals surface area contributed by atoms with Crippen LogP contribution in [0.3, 0.4) is 0 Å². The first kappa shape index (κ1) is 14.3. The van der Waals surface area contributed by atoms with E-state index < -0.39 is 0 Å². The molecule has 1 unspecified atom stereocenters. The molecule has 0 aromatic heterocycles. The van der Waals surface area contributed by atoms with E-state index in [2.05, 4.69) is 24.2 Å². The fourth-order valence-corrected chi connectivity index (χ4v) is 3.45. The minimum atomic E-state index is 0.501. The number of ether oxygens (including phenoxy) is 1. The highest BCUT2D eigenvalue weighted by Gasteiger charge is 2.29. The van der Waals surface area contributed by atoms with Gasteiger partial charge in [0.25, 0.3) is 0 Å². The number of likely N-dealkylation sites (tertiary alicyclic amines) is 1. The van der Waals surface area contributed by atoms with E-state index in [4.69, 9.17) is 4.74 Å². The third kappa shape index (κ3) is 3.94. The minimum absolute atomic E-state index is 0.501. The molecule has 0 spiro atoms. The smallest absolute Gasteiger partial charge is 0.0702 e. The Balaban J connectivity index is 1.75. The lowest BCUT2D eigenvalue weighted by Gasteiger charge is -2.41. The van der Waals surface area contributed by atoms with Crippen LogP contribution in [0.5, 0.6) is 0 Å². The molecular weight excluding hydrogens is 224 g/mol. The summed E-state index contributed by atoms with van der Waals surface area (Å²) < 4.78 is 5.94. The quantitative estimate of drug-likeness (QED) is 0.815. The topological polar surface area (TPSA) is 24.5 Å². The second kappa shape index (κ2) is 7.46. The van der Waals surface area contributed by atoms with Crippen molar-refractivity contribution < 1.29 is 4.74 Å². The van der Waals surface area contributed by atoms with Gasteiger partial charge in [0.15, 0.2) is 0 Å².